The number of likely N-dealkylation sites (N-methyl/N-ethyl adjacent to an activating group) is 1. The summed E-state index contributed by atoms with van der Waals surface area (Å²) in [5, 5.41) is 2.80. The molecule has 2 rings (SSSR count). The van der Waals surface area contributed by atoms with Gasteiger partial charge in [-0.15, -0.1) is 0 Å². The molecule has 6 nitrogen and oxygen atoms in total. The molecule has 6 heteroatoms. The smallest absolute Gasteiger partial charge is 0.253 e. The third-order valence-corrected chi connectivity index (χ3v) is 4.03. The molecule has 1 aliphatic rings. The maximum absolute atomic E-state index is 12.5. The first-order valence-corrected chi connectivity index (χ1v) is 8.07. The van der Waals surface area contributed by atoms with Crippen LogP contribution < -0.4 is 10.2 Å². The van der Waals surface area contributed by atoms with Crippen molar-refractivity contribution >= 4 is 17.5 Å². The summed E-state index contributed by atoms with van der Waals surface area (Å²) in [4.78, 5) is 30.1. The molecule has 0 aromatic heterocycles. The van der Waals surface area contributed by atoms with E-state index in [-0.39, 0.29) is 11.8 Å². The van der Waals surface area contributed by atoms with Crippen LogP contribution >= 0.6 is 0 Å². The third kappa shape index (κ3) is 4.69. The van der Waals surface area contributed by atoms with Gasteiger partial charge in [-0.1, -0.05) is 0 Å². The van der Waals surface area contributed by atoms with Gasteiger partial charge in [0.1, 0.15) is 0 Å². The van der Waals surface area contributed by atoms with Crippen LogP contribution in [-0.2, 0) is 4.79 Å². The summed E-state index contributed by atoms with van der Waals surface area (Å²) < 4.78 is 0. The molecular formula is C17H26N4O2. The molecule has 1 saturated heterocycles. The summed E-state index contributed by atoms with van der Waals surface area (Å²) in [6.07, 6.45) is 0. The number of anilines is 1. The van der Waals surface area contributed by atoms with Crippen molar-refractivity contribution in [2.24, 2.45) is 0 Å². The van der Waals surface area contributed by atoms with Crippen LogP contribution in [0.25, 0.3) is 0 Å². The van der Waals surface area contributed by atoms with Gasteiger partial charge < -0.3 is 15.1 Å². The fourth-order valence-corrected chi connectivity index (χ4v) is 2.65. The van der Waals surface area contributed by atoms with E-state index in [2.05, 4.69) is 10.2 Å². The number of carbonyl (C=O) groups excluding carboxylic acids is 2. The highest BCUT2D eigenvalue weighted by Gasteiger charge is 2.23. The van der Waals surface area contributed by atoms with Crippen molar-refractivity contribution in [2.75, 3.05) is 58.3 Å². The number of hydrogen-bond acceptors (Lipinski definition) is 4. The number of nitrogens with zero attached hydrogens (tertiary/aromatic N) is 3. The first-order valence-electron chi connectivity index (χ1n) is 8.07. The van der Waals surface area contributed by atoms with Gasteiger partial charge in [0.05, 0.1) is 6.54 Å². The molecule has 0 bridgehead atoms. The lowest BCUT2D eigenvalue weighted by atomic mass is 10.1. The maximum atomic E-state index is 12.5. The van der Waals surface area contributed by atoms with Crippen LogP contribution in [-0.4, -0.2) is 75.0 Å². The molecule has 1 aromatic carbocycles. The van der Waals surface area contributed by atoms with Crippen LogP contribution in [0.15, 0.2) is 24.3 Å². The lowest BCUT2D eigenvalue weighted by Gasteiger charge is -2.34. The predicted octanol–water partition coefficient (Wildman–Crippen LogP) is 0.647. The highest BCUT2D eigenvalue weighted by atomic mass is 16.2. The quantitative estimate of drug-likeness (QED) is 0.866. The summed E-state index contributed by atoms with van der Waals surface area (Å²) in [6.45, 7) is 5.77. The average Bonchev–Trinajstić information content (AvgIpc) is 2.55. The van der Waals surface area contributed by atoms with Gasteiger partial charge in [0.15, 0.2) is 0 Å². The fraction of sp³-hybridized carbons (Fsp3) is 0.529. The van der Waals surface area contributed by atoms with Crippen molar-refractivity contribution in [2.45, 2.75) is 6.92 Å². The summed E-state index contributed by atoms with van der Waals surface area (Å²) in [6, 6.07) is 7.66. The van der Waals surface area contributed by atoms with Gasteiger partial charge in [0, 0.05) is 58.1 Å². The molecule has 0 saturated carbocycles. The van der Waals surface area contributed by atoms with E-state index in [4.69, 9.17) is 0 Å². The van der Waals surface area contributed by atoms with Gasteiger partial charge in [-0.3, -0.25) is 14.5 Å². The molecule has 0 aliphatic carbocycles. The molecule has 0 atom stereocenters. The van der Waals surface area contributed by atoms with E-state index in [0.29, 0.717) is 31.7 Å². The first kappa shape index (κ1) is 17.3. The average molecular weight is 318 g/mol. The van der Waals surface area contributed by atoms with Gasteiger partial charge in [-0.05, 0) is 31.2 Å². The number of rotatable bonds is 5. The topological polar surface area (TPSA) is 55.9 Å². The second kappa shape index (κ2) is 7.97. The largest absolute Gasteiger partial charge is 0.378 e. The van der Waals surface area contributed by atoms with Gasteiger partial charge in [0.25, 0.3) is 5.91 Å². The standard InChI is InChI=1S/C17H26N4O2/c1-4-18-16(22)13-20-9-11-21(12-10-20)17(23)14-5-7-15(8-6-14)19(2)3/h5-8H,4,9-13H2,1-3H3,(H,18,22). The lowest BCUT2D eigenvalue weighted by molar-refractivity contribution is -0.122. The van der Waals surface area contributed by atoms with E-state index < -0.39 is 0 Å². The molecule has 1 aliphatic heterocycles. The van der Waals surface area contributed by atoms with E-state index >= 15 is 0 Å². The van der Waals surface area contributed by atoms with Gasteiger partial charge in [-0.25, -0.2) is 0 Å². The first-order chi connectivity index (χ1) is 11.0. The van der Waals surface area contributed by atoms with Crippen molar-refractivity contribution in [3.63, 3.8) is 0 Å². The highest BCUT2D eigenvalue weighted by molar-refractivity contribution is 5.94. The number of benzene rings is 1. The normalized spacial score (nSPS) is 15.3. The maximum Gasteiger partial charge on any atom is 0.253 e. The van der Waals surface area contributed by atoms with Crippen molar-refractivity contribution in [1.82, 2.24) is 15.1 Å². The Bertz CT molecular complexity index is 534. The summed E-state index contributed by atoms with van der Waals surface area (Å²) in [7, 11) is 3.95. The van der Waals surface area contributed by atoms with Crippen molar-refractivity contribution in [3.8, 4) is 0 Å². The SMILES string of the molecule is CCNC(=O)CN1CCN(C(=O)c2ccc(N(C)C)cc2)CC1. The van der Waals surface area contributed by atoms with E-state index in [1.165, 1.54) is 0 Å². The molecule has 0 unspecified atom stereocenters. The van der Waals surface area contributed by atoms with Crippen LogP contribution in [0.2, 0.25) is 0 Å². The minimum Gasteiger partial charge on any atom is -0.378 e. The van der Waals surface area contributed by atoms with Crippen LogP contribution in [0, 0.1) is 0 Å². The number of carbonyl (C=O) groups is 2. The zero-order chi connectivity index (χ0) is 16.8. The molecule has 1 aromatic rings. The van der Waals surface area contributed by atoms with E-state index in [0.717, 1.165) is 18.8 Å². The Balaban J connectivity index is 1.87. The molecule has 2 amide bonds. The summed E-state index contributed by atoms with van der Waals surface area (Å²) in [5.41, 5.74) is 1.79. The Kier molecular flexibility index (Phi) is 5.98. The predicted molar refractivity (Wildman–Crippen MR) is 91.8 cm³/mol. The van der Waals surface area contributed by atoms with E-state index in [1.807, 2.05) is 55.1 Å². The van der Waals surface area contributed by atoms with Crippen molar-refractivity contribution in [3.05, 3.63) is 29.8 Å². The van der Waals surface area contributed by atoms with E-state index in [9.17, 15) is 9.59 Å². The highest BCUT2D eigenvalue weighted by Crippen LogP contribution is 2.14. The molecule has 23 heavy (non-hydrogen) atoms. The van der Waals surface area contributed by atoms with Crippen LogP contribution in [0.1, 0.15) is 17.3 Å². The third-order valence-electron chi connectivity index (χ3n) is 4.03. The zero-order valence-electron chi connectivity index (χ0n) is 14.2. The second-order valence-electron chi connectivity index (χ2n) is 5.96. The minimum absolute atomic E-state index is 0.0477. The molecule has 1 heterocycles. The Morgan fingerprint density at radius 3 is 2.22 bits per heavy atom. The van der Waals surface area contributed by atoms with Crippen LogP contribution in [0.4, 0.5) is 5.69 Å². The monoisotopic (exact) mass is 318 g/mol. The van der Waals surface area contributed by atoms with Crippen molar-refractivity contribution in [1.29, 1.82) is 0 Å². The van der Waals surface area contributed by atoms with Gasteiger partial charge in [0.2, 0.25) is 5.91 Å². The fourth-order valence-electron chi connectivity index (χ4n) is 2.65. The molecular weight excluding hydrogens is 292 g/mol. The Hall–Kier alpha value is -2.08. The van der Waals surface area contributed by atoms with Gasteiger partial charge in [-0.2, -0.15) is 0 Å². The molecule has 126 valence electrons. The zero-order valence-corrected chi connectivity index (χ0v) is 14.2. The number of hydrogen-bond donors (Lipinski definition) is 1. The van der Waals surface area contributed by atoms with Crippen molar-refractivity contribution < 1.29 is 9.59 Å². The Morgan fingerprint density at radius 2 is 1.70 bits per heavy atom. The van der Waals surface area contributed by atoms with Crippen LogP contribution in [0.5, 0.6) is 0 Å². The Morgan fingerprint density at radius 1 is 1.09 bits per heavy atom. The number of piperazine rings is 1. The molecule has 1 N–H and O–H groups in total. The Labute approximate surface area is 138 Å². The number of amides is 2. The lowest BCUT2D eigenvalue weighted by Crippen LogP contribution is -2.51. The molecule has 0 spiro atoms. The second-order valence-corrected chi connectivity index (χ2v) is 5.96. The molecule has 1 fully saturated rings. The molecule has 0 radical (unpaired) electrons. The van der Waals surface area contributed by atoms with E-state index in [1.54, 1.807) is 0 Å². The number of nitrogens with one attached hydrogen (secondary N) is 1. The minimum atomic E-state index is 0.0477. The van der Waals surface area contributed by atoms with Crippen LogP contribution in [0.3, 0.4) is 0 Å². The summed E-state index contributed by atoms with van der Waals surface area (Å²) in [5.74, 6) is 0.111. The summed E-state index contributed by atoms with van der Waals surface area (Å²) >= 11 is 0. The van der Waals surface area contributed by atoms with Gasteiger partial charge >= 0.3 is 0 Å².